The number of carbonyl (C=O) groups is 1. The SMILES string of the molecule is CCOC(=O)C(C)S(=O)(=O)[O-]. The van der Waals surface area contributed by atoms with Crippen LogP contribution in [-0.4, -0.2) is 30.8 Å². The number of hydrogen-bond acceptors (Lipinski definition) is 5. The number of ether oxygens (including phenoxy) is 1. The van der Waals surface area contributed by atoms with Crippen molar-refractivity contribution < 1.29 is 22.5 Å². The van der Waals surface area contributed by atoms with Crippen molar-refractivity contribution in [3.8, 4) is 0 Å². The molecule has 0 amide bonds. The molecule has 0 saturated carbocycles. The molecular weight excluding hydrogens is 172 g/mol. The predicted octanol–water partition coefficient (Wildman–Crippen LogP) is -0.517. The zero-order chi connectivity index (χ0) is 9.07. The highest BCUT2D eigenvalue weighted by molar-refractivity contribution is 7.87. The van der Waals surface area contributed by atoms with Crippen molar-refractivity contribution in [2.45, 2.75) is 19.1 Å². The fourth-order valence-electron chi connectivity index (χ4n) is 0.377. The Morgan fingerprint density at radius 3 is 2.36 bits per heavy atom. The summed E-state index contributed by atoms with van der Waals surface area (Å²) in [5.74, 6) is -0.998. The van der Waals surface area contributed by atoms with Crippen LogP contribution in [0.15, 0.2) is 0 Å². The summed E-state index contributed by atoms with van der Waals surface area (Å²) >= 11 is 0. The topological polar surface area (TPSA) is 83.5 Å². The number of rotatable bonds is 3. The molecule has 0 saturated heterocycles. The summed E-state index contributed by atoms with van der Waals surface area (Å²) in [6, 6.07) is 0. The van der Waals surface area contributed by atoms with Crippen molar-refractivity contribution in [2.24, 2.45) is 0 Å². The molecule has 0 aromatic carbocycles. The first-order chi connectivity index (χ1) is 4.89. The highest BCUT2D eigenvalue weighted by Crippen LogP contribution is 1.99. The molecule has 0 rings (SSSR count). The molecule has 0 heterocycles. The van der Waals surface area contributed by atoms with Gasteiger partial charge in [-0.3, -0.25) is 4.79 Å². The van der Waals surface area contributed by atoms with Gasteiger partial charge in [-0.2, -0.15) is 0 Å². The van der Waals surface area contributed by atoms with E-state index in [1.807, 2.05) is 0 Å². The van der Waals surface area contributed by atoms with Crippen LogP contribution in [0.25, 0.3) is 0 Å². The van der Waals surface area contributed by atoms with E-state index < -0.39 is 21.3 Å². The van der Waals surface area contributed by atoms with Crippen LogP contribution in [-0.2, 0) is 19.6 Å². The number of hydrogen-bond donors (Lipinski definition) is 0. The summed E-state index contributed by atoms with van der Waals surface area (Å²) in [6.07, 6.45) is 0. The molecule has 0 aliphatic rings. The summed E-state index contributed by atoms with van der Waals surface area (Å²) in [5.41, 5.74) is 0. The zero-order valence-electron chi connectivity index (χ0n) is 6.23. The van der Waals surface area contributed by atoms with Crippen LogP contribution in [0, 0.1) is 0 Å². The lowest BCUT2D eigenvalue weighted by molar-refractivity contribution is -0.142. The number of carbonyl (C=O) groups excluding carboxylic acids is 1. The molecule has 0 radical (unpaired) electrons. The first-order valence-electron chi connectivity index (χ1n) is 3.01. The van der Waals surface area contributed by atoms with Gasteiger partial charge in [0.25, 0.3) is 0 Å². The minimum absolute atomic E-state index is 0.0681. The Labute approximate surface area is 65.1 Å². The van der Waals surface area contributed by atoms with Gasteiger partial charge in [-0.25, -0.2) is 8.42 Å². The highest BCUT2D eigenvalue weighted by atomic mass is 32.2. The quantitative estimate of drug-likeness (QED) is 0.432. The Kier molecular flexibility index (Phi) is 3.47. The van der Waals surface area contributed by atoms with Gasteiger partial charge in [0.05, 0.1) is 6.61 Å². The molecule has 0 bridgehead atoms. The largest absolute Gasteiger partial charge is 0.747 e. The number of esters is 1. The molecule has 1 atom stereocenters. The molecule has 0 spiro atoms. The third-order valence-corrected chi connectivity index (χ3v) is 2.11. The lowest BCUT2D eigenvalue weighted by Gasteiger charge is -2.13. The Morgan fingerprint density at radius 2 is 2.09 bits per heavy atom. The molecule has 0 fully saturated rings. The monoisotopic (exact) mass is 181 g/mol. The minimum Gasteiger partial charge on any atom is -0.747 e. The molecule has 0 aliphatic heterocycles. The maximum Gasteiger partial charge on any atom is 0.322 e. The van der Waals surface area contributed by atoms with Gasteiger partial charge >= 0.3 is 5.97 Å². The second-order valence-corrected chi connectivity index (χ2v) is 3.58. The second kappa shape index (κ2) is 3.68. The second-order valence-electron chi connectivity index (χ2n) is 1.89. The fourth-order valence-corrected chi connectivity index (χ4v) is 0.681. The summed E-state index contributed by atoms with van der Waals surface area (Å²) in [6.45, 7) is 2.60. The summed E-state index contributed by atoms with van der Waals surface area (Å²) in [4.78, 5) is 10.6. The van der Waals surface area contributed by atoms with Gasteiger partial charge in [-0.15, -0.1) is 0 Å². The van der Waals surface area contributed by atoms with Crippen molar-refractivity contribution in [3.05, 3.63) is 0 Å². The van der Waals surface area contributed by atoms with E-state index in [-0.39, 0.29) is 6.61 Å². The van der Waals surface area contributed by atoms with Crippen molar-refractivity contribution in [2.75, 3.05) is 6.61 Å². The van der Waals surface area contributed by atoms with E-state index in [9.17, 15) is 17.8 Å². The van der Waals surface area contributed by atoms with Gasteiger partial charge in [0, 0.05) is 0 Å². The van der Waals surface area contributed by atoms with E-state index in [1.54, 1.807) is 0 Å². The van der Waals surface area contributed by atoms with E-state index in [1.165, 1.54) is 6.92 Å². The Morgan fingerprint density at radius 1 is 1.64 bits per heavy atom. The normalized spacial score (nSPS) is 14.1. The third-order valence-electron chi connectivity index (χ3n) is 1.05. The molecule has 0 aromatic heterocycles. The standard InChI is InChI=1S/C5H10O5S/c1-3-10-5(6)4(2)11(7,8)9/h4H,3H2,1-2H3,(H,7,8,9)/p-1. The predicted molar refractivity (Wildman–Crippen MR) is 35.8 cm³/mol. The van der Waals surface area contributed by atoms with Crippen molar-refractivity contribution in [1.29, 1.82) is 0 Å². The van der Waals surface area contributed by atoms with Crippen molar-refractivity contribution >= 4 is 16.1 Å². The molecule has 11 heavy (non-hydrogen) atoms. The lowest BCUT2D eigenvalue weighted by Crippen LogP contribution is -2.28. The maximum absolute atomic E-state index is 10.6. The van der Waals surface area contributed by atoms with Gasteiger partial charge in [-0.05, 0) is 13.8 Å². The van der Waals surface area contributed by atoms with E-state index in [4.69, 9.17) is 0 Å². The molecule has 66 valence electrons. The molecule has 1 unspecified atom stereocenters. The van der Waals surface area contributed by atoms with Gasteiger partial charge in [-0.1, -0.05) is 0 Å². The van der Waals surface area contributed by atoms with Crippen LogP contribution in [0.4, 0.5) is 0 Å². The van der Waals surface area contributed by atoms with Gasteiger partial charge in [0.15, 0.2) is 0 Å². The van der Waals surface area contributed by atoms with Crippen LogP contribution in [0.5, 0.6) is 0 Å². The van der Waals surface area contributed by atoms with Gasteiger partial charge in [0.1, 0.15) is 15.4 Å². The van der Waals surface area contributed by atoms with E-state index >= 15 is 0 Å². The zero-order valence-corrected chi connectivity index (χ0v) is 7.05. The molecular formula is C5H9O5S-. The molecule has 0 N–H and O–H groups in total. The van der Waals surface area contributed by atoms with Gasteiger partial charge in [0.2, 0.25) is 0 Å². The summed E-state index contributed by atoms with van der Waals surface area (Å²) in [7, 11) is -4.55. The molecule has 5 nitrogen and oxygen atoms in total. The lowest BCUT2D eigenvalue weighted by atomic mass is 10.5. The Balaban J connectivity index is 4.27. The van der Waals surface area contributed by atoms with Crippen LogP contribution < -0.4 is 0 Å². The van der Waals surface area contributed by atoms with E-state index in [2.05, 4.69) is 4.74 Å². The van der Waals surface area contributed by atoms with E-state index in [0.29, 0.717) is 0 Å². The van der Waals surface area contributed by atoms with Crippen molar-refractivity contribution in [1.82, 2.24) is 0 Å². The fraction of sp³-hybridized carbons (Fsp3) is 0.800. The van der Waals surface area contributed by atoms with E-state index in [0.717, 1.165) is 6.92 Å². The first-order valence-corrected chi connectivity index (χ1v) is 4.48. The molecule has 6 heteroatoms. The minimum atomic E-state index is -4.55. The summed E-state index contributed by atoms with van der Waals surface area (Å²) in [5, 5.41) is -1.61. The van der Waals surface area contributed by atoms with Gasteiger partial charge < -0.3 is 9.29 Å². The molecule has 0 aliphatic carbocycles. The maximum atomic E-state index is 10.6. The van der Waals surface area contributed by atoms with Crippen LogP contribution in [0.1, 0.15) is 13.8 Å². The van der Waals surface area contributed by atoms with Crippen molar-refractivity contribution in [3.63, 3.8) is 0 Å². The third kappa shape index (κ3) is 3.33. The van der Waals surface area contributed by atoms with Crippen LogP contribution in [0.2, 0.25) is 0 Å². The summed E-state index contributed by atoms with van der Waals surface area (Å²) < 4.78 is 34.9. The smallest absolute Gasteiger partial charge is 0.322 e. The highest BCUT2D eigenvalue weighted by Gasteiger charge is 2.20. The van der Waals surface area contributed by atoms with Crippen LogP contribution in [0.3, 0.4) is 0 Å². The Hall–Kier alpha value is -0.620. The average Bonchev–Trinajstić information content (AvgIpc) is 1.85. The van der Waals surface area contributed by atoms with Crippen LogP contribution >= 0.6 is 0 Å². The molecule has 0 aromatic rings. The Bertz CT molecular complexity index is 229. The average molecular weight is 181 g/mol. The first kappa shape index (κ1) is 10.4.